The molecule has 1 aromatic rings. The van der Waals surface area contributed by atoms with Gasteiger partial charge >= 0.3 is 0 Å². The lowest BCUT2D eigenvalue weighted by molar-refractivity contribution is -0.128. The number of rotatable bonds is 3. The third kappa shape index (κ3) is 3.06. The minimum atomic E-state index is -0.644. The molecule has 0 saturated carbocycles. The molecule has 1 fully saturated rings. The van der Waals surface area contributed by atoms with E-state index in [1.165, 1.54) is 12.1 Å². The fourth-order valence-electron chi connectivity index (χ4n) is 1.91. The molecule has 0 aromatic heterocycles. The van der Waals surface area contributed by atoms with Crippen molar-refractivity contribution in [2.45, 2.75) is 12.8 Å². The molecule has 1 amide bonds. The topological polar surface area (TPSA) is 32.3 Å². The van der Waals surface area contributed by atoms with Crippen molar-refractivity contribution in [1.82, 2.24) is 4.90 Å². The van der Waals surface area contributed by atoms with Gasteiger partial charge in [-0.3, -0.25) is 4.79 Å². The van der Waals surface area contributed by atoms with Gasteiger partial charge in [0.2, 0.25) is 5.91 Å². The van der Waals surface area contributed by atoms with Crippen molar-refractivity contribution >= 4 is 34.8 Å². The summed E-state index contributed by atoms with van der Waals surface area (Å²) in [7, 11) is 0. The molecule has 0 aliphatic carbocycles. The quantitative estimate of drug-likeness (QED) is 0.868. The Kier molecular flexibility index (Phi) is 4.30. The van der Waals surface area contributed by atoms with Crippen LogP contribution < -0.4 is 5.32 Å². The SMILES string of the molecule is O=C(CNc1cc(Cl)c(F)c(Cl)c1)N1CCCC1. The molecule has 0 unspecified atom stereocenters. The van der Waals surface area contributed by atoms with Crippen molar-refractivity contribution in [3.63, 3.8) is 0 Å². The van der Waals surface area contributed by atoms with E-state index in [1.54, 1.807) is 4.90 Å². The standard InChI is InChI=1S/C12H13Cl2FN2O/c13-9-5-8(6-10(14)12(9)15)16-7-11(18)17-3-1-2-4-17/h5-6,16H,1-4,7H2. The van der Waals surface area contributed by atoms with E-state index in [0.29, 0.717) is 5.69 Å². The smallest absolute Gasteiger partial charge is 0.241 e. The van der Waals surface area contributed by atoms with Crippen molar-refractivity contribution in [2.75, 3.05) is 25.0 Å². The lowest BCUT2D eigenvalue weighted by Gasteiger charge is -2.16. The van der Waals surface area contributed by atoms with E-state index in [-0.39, 0.29) is 22.5 Å². The lowest BCUT2D eigenvalue weighted by atomic mass is 10.3. The van der Waals surface area contributed by atoms with Crippen LogP contribution in [0.2, 0.25) is 10.0 Å². The number of nitrogens with zero attached hydrogens (tertiary/aromatic N) is 1. The monoisotopic (exact) mass is 290 g/mol. The van der Waals surface area contributed by atoms with E-state index in [0.717, 1.165) is 25.9 Å². The van der Waals surface area contributed by atoms with E-state index < -0.39 is 5.82 Å². The summed E-state index contributed by atoms with van der Waals surface area (Å²) in [5.74, 6) is -0.612. The molecule has 1 aliphatic heterocycles. The third-order valence-electron chi connectivity index (χ3n) is 2.89. The van der Waals surface area contributed by atoms with Gasteiger partial charge in [0.1, 0.15) is 0 Å². The van der Waals surface area contributed by atoms with Gasteiger partial charge in [-0.05, 0) is 25.0 Å². The van der Waals surface area contributed by atoms with Gasteiger partial charge in [-0.25, -0.2) is 4.39 Å². The van der Waals surface area contributed by atoms with Gasteiger partial charge in [0.05, 0.1) is 16.6 Å². The van der Waals surface area contributed by atoms with Gasteiger partial charge in [0, 0.05) is 18.8 Å². The predicted molar refractivity (Wildman–Crippen MR) is 70.7 cm³/mol. The normalized spacial score (nSPS) is 14.9. The Balaban J connectivity index is 1.95. The predicted octanol–water partition coefficient (Wildman–Crippen LogP) is 3.17. The van der Waals surface area contributed by atoms with Gasteiger partial charge < -0.3 is 10.2 Å². The molecule has 2 rings (SSSR count). The van der Waals surface area contributed by atoms with E-state index in [9.17, 15) is 9.18 Å². The second-order valence-corrected chi connectivity index (χ2v) is 5.01. The molecule has 1 aromatic carbocycles. The molecule has 0 radical (unpaired) electrons. The summed E-state index contributed by atoms with van der Waals surface area (Å²) in [5.41, 5.74) is 0.541. The van der Waals surface area contributed by atoms with Gasteiger partial charge in [-0.1, -0.05) is 23.2 Å². The number of amides is 1. The zero-order chi connectivity index (χ0) is 13.1. The Labute approximate surface area is 115 Å². The van der Waals surface area contributed by atoms with Crippen molar-refractivity contribution in [1.29, 1.82) is 0 Å². The lowest BCUT2D eigenvalue weighted by Crippen LogP contribution is -2.32. The van der Waals surface area contributed by atoms with Crippen LogP contribution in [0.4, 0.5) is 10.1 Å². The average Bonchev–Trinajstić information content (AvgIpc) is 2.86. The summed E-state index contributed by atoms with van der Waals surface area (Å²) in [5, 5.41) is 2.79. The number of carbonyl (C=O) groups excluding carboxylic acids is 1. The average molecular weight is 291 g/mol. The number of benzene rings is 1. The Hall–Kier alpha value is -1.00. The van der Waals surface area contributed by atoms with E-state index in [2.05, 4.69) is 5.32 Å². The maximum Gasteiger partial charge on any atom is 0.241 e. The number of nitrogens with one attached hydrogen (secondary N) is 1. The number of halogens is 3. The maximum atomic E-state index is 13.2. The number of carbonyl (C=O) groups is 1. The van der Waals surface area contributed by atoms with E-state index in [1.807, 2.05) is 0 Å². The fraction of sp³-hybridized carbons (Fsp3) is 0.417. The highest BCUT2D eigenvalue weighted by Crippen LogP contribution is 2.27. The largest absolute Gasteiger partial charge is 0.376 e. The molecule has 0 bridgehead atoms. The second kappa shape index (κ2) is 5.76. The first kappa shape index (κ1) is 13.4. The van der Waals surface area contributed by atoms with Gasteiger partial charge in [0.15, 0.2) is 5.82 Å². The summed E-state index contributed by atoms with van der Waals surface area (Å²) in [6.07, 6.45) is 2.11. The van der Waals surface area contributed by atoms with Crippen LogP contribution in [0, 0.1) is 5.82 Å². The maximum absolute atomic E-state index is 13.2. The summed E-state index contributed by atoms with van der Waals surface area (Å²) >= 11 is 11.3. The first-order valence-electron chi connectivity index (χ1n) is 5.74. The molecule has 18 heavy (non-hydrogen) atoms. The highest BCUT2D eigenvalue weighted by atomic mass is 35.5. The molecular formula is C12H13Cl2FN2O. The summed E-state index contributed by atoms with van der Waals surface area (Å²) in [4.78, 5) is 13.6. The molecule has 1 saturated heterocycles. The molecule has 3 nitrogen and oxygen atoms in total. The molecule has 6 heteroatoms. The number of hydrogen-bond acceptors (Lipinski definition) is 2. The van der Waals surface area contributed by atoms with Crippen LogP contribution in [0.25, 0.3) is 0 Å². The summed E-state index contributed by atoms with van der Waals surface area (Å²) in [6, 6.07) is 2.83. The minimum Gasteiger partial charge on any atom is -0.376 e. The zero-order valence-electron chi connectivity index (χ0n) is 9.68. The number of hydrogen-bond donors (Lipinski definition) is 1. The van der Waals surface area contributed by atoms with Crippen molar-refractivity contribution in [2.24, 2.45) is 0 Å². The molecular weight excluding hydrogens is 278 g/mol. The molecule has 1 aliphatic rings. The fourth-order valence-corrected chi connectivity index (χ4v) is 2.40. The molecule has 0 spiro atoms. The highest BCUT2D eigenvalue weighted by molar-refractivity contribution is 6.35. The van der Waals surface area contributed by atoms with Gasteiger partial charge in [-0.15, -0.1) is 0 Å². The second-order valence-electron chi connectivity index (χ2n) is 4.20. The highest BCUT2D eigenvalue weighted by Gasteiger charge is 2.17. The zero-order valence-corrected chi connectivity index (χ0v) is 11.2. The van der Waals surface area contributed by atoms with Crippen LogP contribution in [0.15, 0.2) is 12.1 Å². The van der Waals surface area contributed by atoms with Crippen LogP contribution in [-0.2, 0) is 4.79 Å². The molecule has 1 heterocycles. The number of likely N-dealkylation sites (tertiary alicyclic amines) is 1. The first-order valence-corrected chi connectivity index (χ1v) is 6.49. The van der Waals surface area contributed by atoms with Crippen molar-refractivity contribution in [3.05, 3.63) is 28.0 Å². The van der Waals surface area contributed by atoms with Crippen LogP contribution >= 0.6 is 23.2 Å². The first-order chi connectivity index (χ1) is 8.58. The molecule has 1 N–H and O–H groups in total. The number of anilines is 1. The molecule has 0 atom stereocenters. The van der Waals surface area contributed by atoms with E-state index in [4.69, 9.17) is 23.2 Å². The Morgan fingerprint density at radius 3 is 2.39 bits per heavy atom. The van der Waals surface area contributed by atoms with Gasteiger partial charge in [-0.2, -0.15) is 0 Å². The minimum absolute atomic E-state index is 0.0315. The van der Waals surface area contributed by atoms with Crippen LogP contribution in [-0.4, -0.2) is 30.4 Å². The Morgan fingerprint density at radius 2 is 1.83 bits per heavy atom. The summed E-state index contributed by atoms with van der Waals surface area (Å²) < 4.78 is 13.2. The Bertz CT molecular complexity index is 438. The molecule has 98 valence electrons. The van der Waals surface area contributed by atoms with Crippen molar-refractivity contribution in [3.8, 4) is 0 Å². The Morgan fingerprint density at radius 1 is 1.28 bits per heavy atom. The van der Waals surface area contributed by atoms with E-state index >= 15 is 0 Å². The third-order valence-corrected chi connectivity index (χ3v) is 3.44. The van der Waals surface area contributed by atoms with Crippen LogP contribution in [0.5, 0.6) is 0 Å². The summed E-state index contributed by atoms with van der Waals surface area (Å²) in [6.45, 7) is 1.79. The van der Waals surface area contributed by atoms with Crippen LogP contribution in [0.3, 0.4) is 0 Å². The van der Waals surface area contributed by atoms with Gasteiger partial charge in [0.25, 0.3) is 0 Å². The van der Waals surface area contributed by atoms with Crippen molar-refractivity contribution < 1.29 is 9.18 Å². The van der Waals surface area contributed by atoms with Crippen LogP contribution in [0.1, 0.15) is 12.8 Å².